The smallest absolute Gasteiger partial charge is 0.311 e. The number of piperidine rings is 1. The van der Waals surface area contributed by atoms with E-state index in [4.69, 9.17) is 11.6 Å². The van der Waals surface area contributed by atoms with Crippen LogP contribution in [0.15, 0.2) is 84.9 Å². The summed E-state index contributed by atoms with van der Waals surface area (Å²) in [5.74, 6) is -3.02. The van der Waals surface area contributed by atoms with E-state index in [-0.39, 0.29) is 25.2 Å². The van der Waals surface area contributed by atoms with Gasteiger partial charge >= 0.3 is 11.9 Å². The van der Waals surface area contributed by atoms with Gasteiger partial charge in [-0.1, -0.05) is 90.8 Å². The van der Waals surface area contributed by atoms with Gasteiger partial charge < -0.3 is 15.5 Å². The third-order valence-electron chi connectivity index (χ3n) is 9.19. The van der Waals surface area contributed by atoms with Crippen molar-refractivity contribution in [3.05, 3.63) is 107 Å². The fraction of sp³-hybridized carbons (Fsp3) is 0.382. The van der Waals surface area contributed by atoms with Gasteiger partial charge in [0.2, 0.25) is 0 Å². The van der Waals surface area contributed by atoms with Gasteiger partial charge in [0, 0.05) is 35.4 Å². The Morgan fingerprint density at radius 3 is 1.90 bits per heavy atom. The van der Waals surface area contributed by atoms with Crippen LogP contribution in [0.2, 0.25) is 5.02 Å². The summed E-state index contributed by atoms with van der Waals surface area (Å²) in [5.41, 5.74) is -0.145. The fourth-order valence-corrected chi connectivity index (χ4v) is 7.42. The average molecular weight is 573 g/mol. The maximum Gasteiger partial charge on any atom is 0.311 e. The lowest BCUT2D eigenvalue weighted by atomic mass is 9.49. The van der Waals surface area contributed by atoms with Gasteiger partial charge in [-0.2, -0.15) is 5.26 Å². The summed E-state index contributed by atoms with van der Waals surface area (Å²) in [4.78, 5) is 26.8. The summed E-state index contributed by atoms with van der Waals surface area (Å²) in [6.07, 6.45) is 1.49. The molecule has 6 nitrogen and oxygen atoms in total. The molecule has 3 aromatic carbocycles. The van der Waals surface area contributed by atoms with Gasteiger partial charge in [0.1, 0.15) is 0 Å². The van der Waals surface area contributed by atoms with Gasteiger partial charge in [0.05, 0.1) is 16.9 Å². The number of carbonyl (C=O) groups is 2. The van der Waals surface area contributed by atoms with Crippen LogP contribution in [0.1, 0.15) is 74.5 Å². The molecule has 214 valence electrons. The molecular weight excluding hydrogens is 536 g/mol. The van der Waals surface area contributed by atoms with E-state index in [1.165, 1.54) is 0 Å². The lowest BCUT2D eigenvalue weighted by Crippen LogP contribution is -2.69. The highest BCUT2D eigenvalue weighted by atomic mass is 35.5. The van der Waals surface area contributed by atoms with Crippen LogP contribution in [0.3, 0.4) is 0 Å². The van der Waals surface area contributed by atoms with Gasteiger partial charge in [0.25, 0.3) is 0 Å². The van der Waals surface area contributed by atoms with Crippen LogP contribution in [-0.2, 0) is 9.59 Å². The maximum absolute atomic E-state index is 13.5. The summed E-state index contributed by atoms with van der Waals surface area (Å²) in [6, 6.07) is 28.2. The number of aliphatic carboxylic acids is 2. The van der Waals surface area contributed by atoms with Crippen molar-refractivity contribution >= 4 is 23.5 Å². The second kappa shape index (κ2) is 12.9. The van der Waals surface area contributed by atoms with Gasteiger partial charge in [-0.25, -0.2) is 0 Å². The second-order valence-electron chi connectivity index (χ2n) is 11.2. The summed E-state index contributed by atoms with van der Waals surface area (Å²) in [7, 11) is 0. The number of nitrogens with one attached hydrogen (secondary N) is 1. The molecule has 1 heterocycles. The Hall–Kier alpha value is -3.66. The Morgan fingerprint density at radius 2 is 1.41 bits per heavy atom. The summed E-state index contributed by atoms with van der Waals surface area (Å²) in [6.45, 7) is 3.62. The molecule has 0 saturated carbocycles. The first-order chi connectivity index (χ1) is 19.7. The van der Waals surface area contributed by atoms with Crippen molar-refractivity contribution < 1.29 is 19.8 Å². The second-order valence-corrected chi connectivity index (χ2v) is 11.6. The lowest BCUT2D eigenvalue weighted by Gasteiger charge is -2.57. The molecular formula is C34H37ClN2O4. The first-order valence-corrected chi connectivity index (χ1v) is 14.5. The van der Waals surface area contributed by atoms with Crippen LogP contribution in [0.25, 0.3) is 0 Å². The third-order valence-corrected chi connectivity index (χ3v) is 9.43. The van der Waals surface area contributed by atoms with Gasteiger partial charge in [-0.15, -0.1) is 0 Å². The Bertz CT molecular complexity index is 1350. The van der Waals surface area contributed by atoms with Crippen LogP contribution in [-0.4, -0.2) is 34.2 Å². The van der Waals surface area contributed by atoms with Gasteiger partial charge in [-0.05, 0) is 61.9 Å². The molecule has 1 fully saturated rings. The SMILES string of the molecule is CC1NC(C)C(CCCC(c2ccccc2)c2ccccc2)(C(=O)O)C(c2cccc(Cl)c2)C1(CCC#N)C(=O)O. The number of carboxylic acids is 2. The standard InChI is InChI=1S/C34H37ClN2O4/c1-23-33(31(38)39,19-10-18-29(25-12-5-3-6-13-25)26-14-7-4-8-15-26)30(27-16-9-17-28(35)22-27)34(32(40)41,20-11-21-36)24(2)37-23/h3-9,12-17,22-24,29-30,37H,10-11,18-20H2,1-2H3,(H,38,39)(H,40,41). The topological polar surface area (TPSA) is 110 Å². The van der Waals surface area contributed by atoms with Crippen molar-refractivity contribution in [2.24, 2.45) is 10.8 Å². The predicted molar refractivity (Wildman–Crippen MR) is 160 cm³/mol. The number of nitriles is 1. The Labute approximate surface area is 247 Å². The molecule has 3 N–H and O–H groups in total. The molecule has 1 aliphatic heterocycles. The molecule has 0 amide bonds. The molecule has 0 spiro atoms. The predicted octanol–water partition coefficient (Wildman–Crippen LogP) is 7.25. The van der Waals surface area contributed by atoms with Crippen LogP contribution in [0.4, 0.5) is 0 Å². The number of nitrogens with zero attached hydrogens (tertiary/aromatic N) is 1. The molecule has 5 unspecified atom stereocenters. The molecule has 5 atom stereocenters. The summed E-state index contributed by atoms with van der Waals surface area (Å²) in [5, 5.41) is 35.1. The van der Waals surface area contributed by atoms with E-state index in [0.717, 1.165) is 11.1 Å². The van der Waals surface area contributed by atoms with Crippen molar-refractivity contribution in [2.75, 3.05) is 0 Å². The molecule has 0 bridgehead atoms. The van der Waals surface area contributed by atoms with E-state index < -0.39 is 40.8 Å². The minimum absolute atomic E-state index is 0.0104. The number of rotatable bonds is 11. The molecule has 1 saturated heterocycles. The van der Waals surface area contributed by atoms with Crippen molar-refractivity contribution in [1.82, 2.24) is 5.32 Å². The largest absolute Gasteiger partial charge is 0.481 e. The quantitative estimate of drug-likeness (QED) is 0.223. The monoisotopic (exact) mass is 572 g/mol. The van der Waals surface area contributed by atoms with E-state index in [9.17, 15) is 25.1 Å². The van der Waals surface area contributed by atoms with E-state index in [1.807, 2.05) is 43.3 Å². The van der Waals surface area contributed by atoms with E-state index >= 15 is 0 Å². The number of benzene rings is 3. The van der Waals surface area contributed by atoms with Crippen LogP contribution >= 0.6 is 11.6 Å². The zero-order chi connectivity index (χ0) is 29.6. The maximum atomic E-state index is 13.5. The third kappa shape index (κ3) is 5.75. The first kappa shape index (κ1) is 30.3. The zero-order valence-corrected chi connectivity index (χ0v) is 24.2. The molecule has 0 radical (unpaired) electrons. The average Bonchev–Trinajstić information content (AvgIpc) is 2.96. The first-order valence-electron chi connectivity index (χ1n) is 14.1. The molecule has 41 heavy (non-hydrogen) atoms. The van der Waals surface area contributed by atoms with Crippen LogP contribution in [0, 0.1) is 22.2 Å². The number of carboxylic acid groups (broad SMARTS) is 2. The molecule has 0 aliphatic carbocycles. The van der Waals surface area contributed by atoms with Crippen LogP contribution in [0.5, 0.6) is 0 Å². The molecule has 3 aromatic rings. The molecule has 1 aliphatic rings. The molecule has 0 aromatic heterocycles. The minimum atomic E-state index is -1.54. The van der Waals surface area contributed by atoms with Gasteiger partial charge in [-0.3, -0.25) is 9.59 Å². The zero-order valence-electron chi connectivity index (χ0n) is 23.5. The lowest BCUT2D eigenvalue weighted by molar-refractivity contribution is -0.174. The Balaban J connectivity index is 1.82. The van der Waals surface area contributed by atoms with Crippen molar-refractivity contribution in [2.45, 2.75) is 69.9 Å². The minimum Gasteiger partial charge on any atom is -0.481 e. The highest BCUT2D eigenvalue weighted by Gasteiger charge is 2.66. The van der Waals surface area contributed by atoms with Crippen LogP contribution < -0.4 is 5.32 Å². The number of halogens is 1. The summed E-state index contributed by atoms with van der Waals surface area (Å²) < 4.78 is 0. The van der Waals surface area contributed by atoms with E-state index in [2.05, 4.69) is 35.7 Å². The highest BCUT2D eigenvalue weighted by Crippen LogP contribution is 2.59. The van der Waals surface area contributed by atoms with Crippen molar-refractivity contribution in [1.29, 1.82) is 5.26 Å². The van der Waals surface area contributed by atoms with Crippen molar-refractivity contribution in [3.8, 4) is 6.07 Å². The molecule has 7 heteroatoms. The summed E-state index contributed by atoms with van der Waals surface area (Å²) >= 11 is 6.41. The number of hydrogen-bond donors (Lipinski definition) is 3. The van der Waals surface area contributed by atoms with Crippen molar-refractivity contribution in [3.63, 3.8) is 0 Å². The molecule has 4 rings (SSSR count). The fourth-order valence-electron chi connectivity index (χ4n) is 7.22. The number of hydrogen-bond acceptors (Lipinski definition) is 4. The Morgan fingerprint density at radius 1 is 0.878 bits per heavy atom. The van der Waals surface area contributed by atoms with Gasteiger partial charge in [0.15, 0.2) is 0 Å². The highest BCUT2D eigenvalue weighted by molar-refractivity contribution is 6.30. The Kier molecular flexibility index (Phi) is 9.53. The normalized spacial score (nSPS) is 25.9. The van der Waals surface area contributed by atoms with E-state index in [0.29, 0.717) is 23.4 Å². The van der Waals surface area contributed by atoms with E-state index in [1.54, 1.807) is 31.2 Å².